The standard InChI is InChI=1S/C15H21NO/c1-2-15(16)12-8-10-14(11-9-12)17-13-6-4-3-5-7-13/h4,6,8-11,13,15H,2-3,5,7,16H2,1H3/t13?,15-/m1/s1. The maximum absolute atomic E-state index is 5.98. The summed E-state index contributed by atoms with van der Waals surface area (Å²) in [6.07, 6.45) is 9.10. The summed E-state index contributed by atoms with van der Waals surface area (Å²) in [5.41, 5.74) is 7.16. The number of hydrogen-bond donors (Lipinski definition) is 1. The molecular formula is C15H21NO. The minimum absolute atomic E-state index is 0.138. The molecule has 0 fully saturated rings. The van der Waals surface area contributed by atoms with Gasteiger partial charge in [-0.3, -0.25) is 0 Å². The molecule has 0 radical (unpaired) electrons. The van der Waals surface area contributed by atoms with Crippen molar-refractivity contribution in [2.24, 2.45) is 5.73 Å². The van der Waals surface area contributed by atoms with Crippen molar-refractivity contribution in [1.29, 1.82) is 0 Å². The molecule has 17 heavy (non-hydrogen) atoms. The summed E-state index contributed by atoms with van der Waals surface area (Å²) >= 11 is 0. The average Bonchev–Trinajstić information content (AvgIpc) is 2.40. The highest BCUT2D eigenvalue weighted by molar-refractivity contribution is 5.29. The van der Waals surface area contributed by atoms with Gasteiger partial charge in [0.05, 0.1) is 0 Å². The van der Waals surface area contributed by atoms with Gasteiger partial charge in [0.2, 0.25) is 0 Å². The molecule has 0 aromatic heterocycles. The molecule has 2 heteroatoms. The number of hydrogen-bond acceptors (Lipinski definition) is 2. The van der Waals surface area contributed by atoms with Gasteiger partial charge < -0.3 is 10.5 Å². The van der Waals surface area contributed by atoms with Gasteiger partial charge in [0.15, 0.2) is 0 Å². The molecule has 92 valence electrons. The van der Waals surface area contributed by atoms with Crippen LogP contribution in [0.15, 0.2) is 36.4 Å². The smallest absolute Gasteiger partial charge is 0.120 e. The summed E-state index contributed by atoms with van der Waals surface area (Å²) in [5.74, 6) is 0.939. The highest BCUT2D eigenvalue weighted by atomic mass is 16.5. The predicted octanol–water partition coefficient (Wildman–Crippen LogP) is 3.58. The van der Waals surface area contributed by atoms with Crippen molar-refractivity contribution in [3.63, 3.8) is 0 Å². The third kappa shape index (κ3) is 3.34. The molecule has 0 bridgehead atoms. The van der Waals surface area contributed by atoms with E-state index in [1.807, 2.05) is 12.1 Å². The van der Waals surface area contributed by atoms with Crippen LogP contribution in [0.4, 0.5) is 0 Å². The third-order valence-corrected chi connectivity index (χ3v) is 3.25. The fraction of sp³-hybridized carbons (Fsp3) is 0.467. The van der Waals surface area contributed by atoms with E-state index in [0.717, 1.165) is 18.6 Å². The molecular weight excluding hydrogens is 210 g/mol. The average molecular weight is 231 g/mol. The van der Waals surface area contributed by atoms with E-state index in [1.54, 1.807) is 0 Å². The molecule has 0 saturated heterocycles. The second-order valence-corrected chi connectivity index (χ2v) is 4.60. The Balaban J connectivity index is 1.97. The third-order valence-electron chi connectivity index (χ3n) is 3.25. The summed E-state index contributed by atoms with van der Waals surface area (Å²) in [4.78, 5) is 0. The Labute approximate surface area is 103 Å². The van der Waals surface area contributed by atoms with Crippen molar-refractivity contribution in [2.75, 3.05) is 0 Å². The lowest BCUT2D eigenvalue weighted by Crippen LogP contribution is -2.15. The zero-order valence-electron chi connectivity index (χ0n) is 10.4. The van der Waals surface area contributed by atoms with Crippen LogP contribution in [0, 0.1) is 0 Å². The summed E-state index contributed by atoms with van der Waals surface area (Å²) in [7, 11) is 0. The maximum Gasteiger partial charge on any atom is 0.120 e. The lowest BCUT2D eigenvalue weighted by molar-refractivity contribution is 0.230. The fourth-order valence-electron chi connectivity index (χ4n) is 2.08. The molecule has 1 aliphatic rings. The number of nitrogens with two attached hydrogens (primary N) is 1. The van der Waals surface area contributed by atoms with Crippen LogP contribution in [0.5, 0.6) is 5.75 Å². The Morgan fingerprint density at radius 1 is 1.35 bits per heavy atom. The van der Waals surface area contributed by atoms with E-state index in [2.05, 4.69) is 31.2 Å². The van der Waals surface area contributed by atoms with E-state index < -0.39 is 0 Å². The molecule has 0 saturated carbocycles. The number of allylic oxidation sites excluding steroid dienone is 1. The molecule has 1 aliphatic carbocycles. The lowest BCUT2D eigenvalue weighted by Gasteiger charge is -2.19. The second kappa shape index (κ2) is 5.87. The van der Waals surface area contributed by atoms with Crippen LogP contribution < -0.4 is 10.5 Å². The van der Waals surface area contributed by atoms with Gasteiger partial charge in [0.1, 0.15) is 11.9 Å². The summed E-state index contributed by atoms with van der Waals surface area (Å²) < 4.78 is 5.90. The monoisotopic (exact) mass is 231 g/mol. The van der Waals surface area contributed by atoms with E-state index in [9.17, 15) is 0 Å². The summed E-state index contributed by atoms with van der Waals surface area (Å²) in [5, 5.41) is 0. The first-order valence-corrected chi connectivity index (χ1v) is 6.48. The molecule has 1 unspecified atom stereocenters. The Bertz CT molecular complexity index is 369. The SMILES string of the molecule is CC[C@@H](N)c1ccc(OC2C=CCCC2)cc1. The van der Waals surface area contributed by atoms with Crippen LogP contribution >= 0.6 is 0 Å². The predicted molar refractivity (Wildman–Crippen MR) is 71.1 cm³/mol. The highest BCUT2D eigenvalue weighted by Crippen LogP contribution is 2.21. The largest absolute Gasteiger partial charge is 0.486 e. The van der Waals surface area contributed by atoms with Crippen molar-refractivity contribution < 1.29 is 4.74 Å². The minimum atomic E-state index is 0.138. The van der Waals surface area contributed by atoms with Crippen molar-refractivity contribution in [2.45, 2.75) is 44.8 Å². The minimum Gasteiger partial charge on any atom is -0.486 e. The van der Waals surface area contributed by atoms with Gasteiger partial charge in [-0.15, -0.1) is 0 Å². The maximum atomic E-state index is 5.98. The lowest BCUT2D eigenvalue weighted by atomic mass is 10.0. The van der Waals surface area contributed by atoms with Crippen LogP contribution in [0.2, 0.25) is 0 Å². The second-order valence-electron chi connectivity index (χ2n) is 4.60. The Kier molecular flexibility index (Phi) is 4.21. The molecule has 0 amide bonds. The quantitative estimate of drug-likeness (QED) is 0.804. The summed E-state index contributed by atoms with van der Waals surface area (Å²) in [6.45, 7) is 2.10. The van der Waals surface area contributed by atoms with Crippen molar-refractivity contribution in [3.05, 3.63) is 42.0 Å². The number of ether oxygens (including phenoxy) is 1. The van der Waals surface area contributed by atoms with Crippen LogP contribution in [-0.2, 0) is 0 Å². The summed E-state index contributed by atoms with van der Waals surface area (Å²) in [6, 6.07) is 8.31. The van der Waals surface area contributed by atoms with Gasteiger partial charge in [0.25, 0.3) is 0 Å². The molecule has 2 nitrogen and oxygen atoms in total. The Morgan fingerprint density at radius 3 is 2.71 bits per heavy atom. The van der Waals surface area contributed by atoms with E-state index in [-0.39, 0.29) is 12.1 Å². The molecule has 2 rings (SSSR count). The Hall–Kier alpha value is -1.28. The van der Waals surface area contributed by atoms with Gasteiger partial charge in [-0.05, 0) is 49.5 Å². The van der Waals surface area contributed by atoms with E-state index in [0.29, 0.717) is 0 Å². The van der Waals surface area contributed by atoms with Crippen LogP contribution in [-0.4, -0.2) is 6.10 Å². The fourth-order valence-corrected chi connectivity index (χ4v) is 2.08. The molecule has 2 N–H and O–H groups in total. The zero-order valence-corrected chi connectivity index (χ0v) is 10.4. The molecule has 0 spiro atoms. The first-order valence-electron chi connectivity index (χ1n) is 6.48. The van der Waals surface area contributed by atoms with E-state index in [1.165, 1.54) is 18.4 Å². The van der Waals surface area contributed by atoms with Crippen LogP contribution in [0.1, 0.15) is 44.2 Å². The number of benzene rings is 1. The molecule has 0 aliphatic heterocycles. The normalized spacial score (nSPS) is 21.2. The van der Waals surface area contributed by atoms with Crippen LogP contribution in [0.3, 0.4) is 0 Å². The van der Waals surface area contributed by atoms with Gasteiger partial charge in [-0.2, -0.15) is 0 Å². The zero-order chi connectivity index (χ0) is 12.1. The first kappa shape index (κ1) is 12.2. The van der Waals surface area contributed by atoms with Crippen molar-refractivity contribution >= 4 is 0 Å². The molecule has 1 aromatic carbocycles. The first-order chi connectivity index (χ1) is 8.29. The van der Waals surface area contributed by atoms with Crippen molar-refractivity contribution in [3.8, 4) is 5.75 Å². The van der Waals surface area contributed by atoms with E-state index >= 15 is 0 Å². The van der Waals surface area contributed by atoms with Gasteiger partial charge in [-0.1, -0.05) is 25.1 Å². The topological polar surface area (TPSA) is 35.2 Å². The molecule has 1 aromatic rings. The number of rotatable bonds is 4. The van der Waals surface area contributed by atoms with Gasteiger partial charge in [-0.25, -0.2) is 0 Å². The van der Waals surface area contributed by atoms with Crippen molar-refractivity contribution in [1.82, 2.24) is 0 Å². The highest BCUT2D eigenvalue weighted by Gasteiger charge is 2.10. The van der Waals surface area contributed by atoms with Gasteiger partial charge >= 0.3 is 0 Å². The van der Waals surface area contributed by atoms with Gasteiger partial charge in [0, 0.05) is 6.04 Å². The molecule has 0 heterocycles. The molecule has 2 atom stereocenters. The van der Waals surface area contributed by atoms with E-state index in [4.69, 9.17) is 10.5 Å². The Morgan fingerprint density at radius 2 is 2.12 bits per heavy atom. The van der Waals surface area contributed by atoms with Crippen LogP contribution in [0.25, 0.3) is 0 Å².